The first-order valence-electron chi connectivity index (χ1n) is 11.9. The summed E-state index contributed by atoms with van der Waals surface area (Å²) in [5.74, 6) is -0.136. The van der Waals surface area contributed by atoms with E-state index in [1.54, 1.807) is 12.1 Å². The number of carbonyl (C=O) groups is 1. The average molecular weight is 493 g/mol. The van der Waals surface area contributed by atoms with Gasteiger partial charge in [0.15, 0.2) is 0 Å². The SMILES string of the molecule is Cc1cccc(C)c1N(Cc1ccc(C(=O)N[C@@H](C)CC(C)(C)c2ccccc2)cc1)S(C)(=O)=O. The van der Waals surface area contributed by atoms with Crippen molar-refractivity contribution < 1.29 is 13.2 Å². The normalized spacial score (nSPS) is 12.7. The number of hydrogen-bond donors (Lipinski definition) is 1. The number of benzene rings is 3. The maximum atomic E-state index is 12.9. The zero-order valence-corrected chi connectivity index (χ0v) is 22.3. The molecule has 1 atom stereocenters. The monoisotopic (exact) mass is 492 g/mol. The number of rotatable bonds is 9. The minimum absolute atomic E-state index is 0.0119. The van der Waals surface area contributed by atoms with Crippen LogP contribution in [0.25, 0.3) is 0 Å². The van der Waals surface area contributed by atoms with E-state index in [2.05, 4.69) is 31.3 Å². The van der Waals surface area contributed by atoms with Gasteiger partial charge in [-0.1, -0.05) is 74.5 Å². The summed E-state index contributed by atoms with van der Waals surface area (Å²) >= 11 is 0. The highest BCUT2D eigenvalue weighted by Crippen LogP contribution is 2.29. The fraction of sp³-hybridized carbons (Fsp3) is 0.345. The lowest BCUT2D eigenvalue weighted by atomic mass is 9.79. The standard InChI is InChI=1S/C29H36N2O3S/c1-21-11-10-12-22(2)27(21)31(35(6,33)34)20-24-15-17-25(18-16-24)28(32)30-23(3)19-29(4,5)26-13-8-7-9-14-26/h7-18,23H,19-20H2,1-6H3,(H,30,32)/t23-/m0/s1. The molecular formula is C29H36N2O3S. The Morgan fingerprint density at radius 2 is 1.49 bits per heavy atom. The second-order valence-corrected chi connectivity index (χ2v) is 11.9. The smallest absolute Gasteiger partial charge is 0.251 e. The molecule has 0 spiro atoms. The van der Waals surface area contributed by atoms with Crippen molar-refractivity contribution in [2.45, 2.75) is 59.0 Å². The molecule has 0 saturated heterocycles. The third kappa shape index (κ3) is 6.73. The van der Waals surface area contributed by atoms with E-state index in [9.17, 15) is 13.2 Å². The van der Waals surface area contributed by atoms with Crippen LogP contribution in [-0.4, -0.2) is 26.6 Å². The molecule has 0 saturated carbocycles. The van der Waals surface area contributed by atoms with Gasteiger partial charge < -0.3 is 5.32 Å². The van der Waals surface area contributed by atoms with E-state index in [-0.39, 0.29) is 23.9 Å². The van der Waals surface area contributed by atoms with Crippen LogP contribution < -0.4 is 9.62 Å². The highest BCUT2D eigenvalue weighted by molar-refractivity contribution is 7.92. The fourth-order valence-electron chi connectivity index (χ4n) is 4.62. The maximum Gasteiger partial charge on any atom is 0.251 e. The zero-order chi connectivity index (χ0) is 25.8. The van der Waals surface area contributed by atoms with Crippen LogP contribution in [0.3, 0.4) is 0 Å². The van der Waals surface area contributed by atoms with Crippen LogP contribution in [0.1, 0.15) is 59.8 Å². The van der Waals surface area contributed by atoms with E-state index in [4.69, 9.17) is 0 Å². The molecule has 5 nitrogen and oxygen atoms in total. The lowest BCUT2D eigenvalue weighted by molar-refractivity contribution is 0.0934. The quantitative estimate of drug-likeness (QED) is 0.413. The summed E-state index contributed by atoms with van der Waals surface area (Å²) in [6.45, 7) is 10.4. The first-order valence-corrected chi connectivity index (χ1v) is 13.7. The Kier molecular flexibility index (Phi) is 8.06. The minimum atomic E-state index is -3.49. The number of para-hydroxylation sites is 1. The Bertz CT molecular complexity index is 1250. The van der Waals surface area contributed by atoms with Crippen molar-refractivity contribution in [1.29, 1.82) is 0 Å². The number of sulfonamides is 1. The van der Waals surface area contributed by atoms with E-state index in [0.717, 1.165) is 23.1 Å². The van der Waals surface area contributed by atoms with Gasteiger partial charge in [-0.3, -0.25) is 9.10 Å². The van der Waals surface area contributed by atoms with Crippen molar-refractivity contribution in [2.24, 2.45) is 0 Å². The molecule has 0 fully saturated rings. The van der Waals surface area contributed by atoms with Crippen molar-refractivity contribution in [2.75, 3.05) is 10.6 Å². The van der Waals surface area contributed by atoms with Gasteiger partial charge in [-0.2, -0.15) is 0 Å². The third-order valence-electron chi connectivity index (χ3n) is 6.38. The summed E-state index contributed by atoms with van der Waals surface area (Å²) in [6, 6.07) is 23.2. The molecule has 0 aliphatic carbocycles. The second kappa shape index (κ2) is 10.6. The summed E-state index contributed by atoms with van der Waals surface area (Å²) in [5.41, 5.74) is 5.04. The van der Waals surface area contributed by atoms with Crippen molar-refractivity contribution in [3.8, 4) is 0 Å². The van der Waals surface area contributed by atoms with E-state index >= 15 is 0 Å². The second-order valence-electron chi connectivity index (χ2n) is 10.0. The first kappa shape index (κ1) is 26.5. The summed E-state index contributed by atoms with van der Waals surface area (Å²) in [6.07, 6.45) is 2.03. The molecule has 3 aromatic rings. The molecule has 3 aromatic carbocycles. The number of anilines is 1. The molecule has 0 heterocycles. The largest absolute Gasteiger partial charge is 0.350 e. The molecule has 3 rings (SSSR count). The van der Waals surface area contributed by atoms with Gasteiger partial charge in [0.1, 0.15) is 0 Å². The van der Waals surface area contributed by atoms with Crippen molar-refractivity contribution in [3.63, 3.8) is 0 Å². The number of nitrogens with zero attached hydrogens (tertiary/aromatic N) is 1. The number of amides is 1. The highest BCUT2D eigenvalue weighted by atomic mass is 32.2. The molecular weight excluding hydrogens is 456 g/mol. The predicted octanol–water partition coefficient (Wildman–Crippen LogP) is 5.76. The fourth-order valence-corrected chi connectivity index (χ4v) is 5.62. The summed E-state index contributed by atoms with van der Waals surface area (Å²) < 4.78 is 26.7. The number of hydrogen-bond acceptors (Lipinski definition) is 3. The van der Waals surface area contributed by atoms with Crippen LogP contribution in [0.5, 0.6) is 0 Å². The number of aryl methyl sites for hydroxylation is 2. The lowest BCUT2D eigenvalue weighted by Gasteiger charge is -2.29. The lowest BCUT2D eigenvalue weighted by Crippen LogP contribution is -2.37. The number of nitrogens with one attached hydrogen (secondary N) is 1. The molecule has 0 aliphatic heterocycles. The molecule has 0 radical (unpaired) electrons. The van der Waals surface area contributed by atoms with Crippen LogP contribution >= 0.6 is 0 Å². The van der Waals surface area contributed by atoms with E-state index in [0.29, 0.717) is 11.3 Å². The van der Waals surface area contributed by atoms with Crippen LogP contribution in [0.15, 0.2) is 72.8 Å². The van der Waals surface area contributed by atoms with Gasteiger partial charge >= 0.3 is 0 Å². The Morgan fingerprint density at radius 3 is 2.03 bits per heavy atom. The zero-order valence-electron chi connectivity index (χ0n) is 21.5. The van der Waals surface area contributed by atoms with Crippen molar-refractivity contribution >= 4 is 21.6 Å². The Balaban J connectivity index is 1.70. The van der Waals surface area contributed by atoms with Gasteiger partial charge in [0, 0.05) is 11.6 Å². The topological polar surface area (TPSA) is 66.5 Å². The first-order chi connectivity index (χ1) is 16.4. The third-order valence-corrected chi connectivity index (χ3v) is 7.49. The highest BCUT2D eigenvalue weighted by Gasteiger charge is 2.25. The van der Waals surface area contributed by atoms with Crippen LogP contribution in [0.4, 0.5) is 5.69 Å². The van der Waals surface area contributed by atoms with Gasteiger partial charge in [-0.15, -0.1) is 0 Å². The molecule has 1 N–H and O–H groups in total. The van der Waals surface area contributed by atoms with Crippen LogP contribution in [-0.2, 0) is 22.0 Å². The molecule has 35 heavy (non-hydrogen) atoms. The van der Waals surface area contributed by atoms with Gasteiger partial charge in [0.05, 0.1) is 18.5 Å². The molecule has 1 amide bonds. The molecule has 0 aromatic heterocycles. The predicted molar refractivity (Wildman–Crippen MR) is 144 cm³/mol. The summed E-state index contributed by atoms with van der Waals surface area (Å²) in [4.78, 5) is 12.9. The Labute approximate surface area is 210 Å². The van der Waals surface area contributed by atoms with Gasteiger partial charge in [-0.05, 0) is 67.0 Å². The van der Waals surface area contributed by atoms with E-state index in [1.165, 1.54) is 16.1 Å². The van der Waals surface area contributed by atoms with Gasteiger partial charge in [0.25, 0.3) is 5.91 Å². The summed E-state index contributed by atoms with van der Waals surface area (Å²) in [7, 11) is -3.49. The summed E-state index contributed by atoms with van der Waals surface area (Å²) in [5, 5.41) is 3.10. The minimum Gasteiger partial charge on any atom is -0.350 e. The number of carbonyl (C=O) groups excluding carboxylic acids is 1. The molecule has 186 valence electrons. The Hall–Kier alpha value is -3.12. The molecule has 0 bridgehead atoms. The maximum absolute atomic E-state index is 12.9. The molecule has 0 aliphatic rings. The van der Waals surface area contributed by atoms with E-state index < -0.39 is 10.0 Å². The Morgan fingerprint density at radius 1 is 0.914 bits per heavy atom. The van der Waals surface area contributed by atoms with Gasteiger partial charge in [0.2, 0.25) is 10.0 Å². The van der Waals surface area contributed by atoms with Crippen molar-refractivity contribution in [1.82, 2.24) is 5.32 Å². The van der Waals surface area contributed by atoms with Gasteiger partial charge in [-0.25, -0.2) is 8.42 Å². The van der Waals surface area contributed by atoms with Crippen LogP contribution in [0, 0.1) is 13.8 Å². The molecule has 6 heteroatoms. The van der Waals surface area contributed by atoms with Crippen molar-refractivity contribution in [3.05, 3.63) is 101 Å². The van der Waals surface area contributed by atoms with E-state index in [1.807, 2.05) is 69.3 Å². The molecule has 0 unspecified atom stereocenters. The van der Waals surface area contributed by atoms with Crippen LogP contribution in [0.2, 0.25) is 0 Å². The average Bonchev–Trinajstić information content (AvgIpc) is 2.78.